The molecule has 0 radical (unpaired) electrons. The fourth-order valence-electron chi connectivity index (χ4n) is 4.42. The van der Waals surface area contributed by atoms with Crippen LogP contribution < -0.4 is 15.0 Å². The largest absolute Gasteiger partial charge is 0.456 e. The molecule has 1 aliphatic heterocycles. The van der Waals surface area contributed by atoms with Gasteiger partial charge in [-0.3, -0.25) is 0 Å². The van der Waals surface area contributed by atoms with Gasteiger partial charge in [0.15, 0.2) is 5.82 Å². The maximum absolute atomic E-state index is 6.58. The van der Waals surface area contributed by atoms with E-state index in [4.69, 9.17) is 21.3 Å². The van der Waals surface area contributed by atoms with E-state index in [-0.39, 0.29) is 0 Å². The molecule has 1 saturated heterocycles. The molecule has 4 heterocycles. The first-order chi connectivity index (χ1) is 17.9. The lowest BCUT2D eigenvalue weighted by molar-refractivity contribution is 0.233. The Morgan fingerprint density at radius 3 is 2.73 bits per heavy atom. The van der Waals surface area contributed by atoms with Gasteiger partial charge in [-0.25, -0.2) is 24.9 Å². The molecule has 1 N–H and O–H groups in total. The van der Waals surface area contributed by atoms with Gasteiger partial charge in [0, 0.05) is 44.5 Å². The van der Waals surface area contributed by atoms with E-state index in [0.29, 0.717) is 45.4 Å². The van der Waals surface area contributed by atoms with Crippen LogP contribution in [0.25, 0.3) is 22.1 Å². The van der Waals surface area contributed by atoms with Gasteiger partial charge in [-0.1, -0.05) is 11.6 Å². The van der Waals surface area contributed by atoms with Gasteiger partial charge in [0.05, 0.1) is 28.6 Å². The van der Waals surface area contributed by atoms with E-state index >= 15 is 0 Å². The highest BCUT2D eigenvalue weighted by atomic mass is 35.5. The van der Waals surface area contributed by atoms with Gasteiger partial charge < -0.3 is 24.4 Å². The topological polar surface area (TPSA) is 97.1 Å². The molecule has 0 bridgehead atoms. The molecular formula is C26H26ClN9O. The molecule has 188 valence electrons. The summed E-state index contributed by atoms with van der Waals surface area (Å²) in [6.07, 6.45) is 5.02. The minimum absolute atomic E-state index is 0.423. The Morgan fingerprint density at radius 1 is 1.00 bits per heavy atom. The molecule has 2 aromatic carbocycles. The number of imidazole rings is 1. The molecule has 10 nitrogen and oxygen atoms in total. The number of hydrogen-bond acceptors (Lipinski definition) is 9. The molecule has 37 heavy (non-hydrogen) atoms. The van der Waals surface area contributed by atoms with Crippen LogP contribution >= 0.6 is 11.6 Å². The highest BCUT2D eigenvalue weighted by Gasteiger charge is 2.23. The van der Waals surface area contributed by atoms with Crippen molar-refractivity contribution in [1.29, 1.82) is 0 Å². The number of aryl methyl sites for hydroxylation is 1. The number of nitrogens with zero attached hydrogens (tertiary/aromatic N) is 8. The van der Waals surface area contributed by atoms with E-state index in [9.17, 15) is 0 Å². The van der Waals surface area contributed by atoms with E-state index in [1.165, 1.54) is 6.33 Å². The third kappa shape index (κ3) is 4.61. The normalized spacial score (nSPS) is 16.4. The van der Waals surface area contributed by atoms with E-state index in [2.05, 4.69) is 49.0 Å². The second-order valence-corrected chi connectivity index (χ2v) is 9.69. The number of aromatic nitrogens is 6. The Morgan fingerprint density at radius 2 is 1.89 bits per heavy atom. The molecule has 5 aromatic rings. The lowest BCUT2D eigenvalue weighted by Gasteiger charge is -2.37. The second kappa shape index (κ2) is 9.45. The van der Waals surface area contributed by atoms with E-state index < -0.39 is 0 Å². The van der Waals surface area contributed by atoms with Crippen molar-refractivity contribution in [2.45, 2.75) is 13.0 Å². The number of benzene rings is 2. The molecule has 0 spiro atoms. The monoisotopic (exact) mass is 515 g/mol. The summed E-state index contributed by atoms with van der Waals surface area (Å²) in [4.78, 5) is 27.1. The van der Waals surface area contributed by atoms with Crippen LogP contribution in [0.3, 0.4) is 0 Å². The van der Waals surface area contributed by atoms with Crippen molar-refractivity contribution in [3.05, 3.63) is 60.3 Å². The summed E-state index contributed by atoms with van der Waals surface area (Å²) < 4.78 is 8.00. The quantitative estimate of drug-likeness (QED) is 0.359. The first kappa shape index (κ1) is 23.4. The number of halogens is 1. The van der Waals surface area contributed by atoms with Gasteiger partial charge in [0.25, 0.3) is 0 Å². The fourth-order valence-corrected chi connectivity index (χ4v) is 4.64. The standard InChI is InChI=1S/C26H26ClN9O/c1-16-13-36(9-8-34(16)2)26-28-12-21-24(33-26)25(30-14-29-21)32-17-4-7-23(19(27)10-17)37-18-5-6-22-20(11-18)31-15-35(22)3/h4-7,10-12,14-16H,8-9,13H2,1-3H3,(H,29,30,32)/t16-/m1/s1. The van der Waals surface area contributed by atoms with Crippen molar-refractivity contribution in [2.75, 3.05) is 36.9 Å². The average Bonchev–Trinajstić information content (AvgIpc) is 3.27. The van der Waals surface area contributed by atoms with Crippen LogP contribution in [-0.2, 0) is 7.05 Å². The summed E-state index contributed by atoms with van der Waals surface area (Å²) in [6, 6.07) is 11.7. The molecule has 11 heteroatoms. The Bertz CT molecular complexity index is 1600. The molecule has 1 atom stereocenters. The van der Waals surface area contributed by atoms with Crippen LogP contribution in [0.15, 0.2) is 55.2 Å². The number of nitrogens with one attached hydrogen (secondary N) is 1. The van der Waals surface area contributed by atoms with E-state index in [0.717, 1.165) is 36.4 Å². The summed E-state index contributed by atoms with van der Waals surface area (Å²) >= 11 is 6.58. The lowest BCUT2D eigenvalue weighted by Crippen LogP contribution is -2.50. The van der Waals surface area contributed by atoms with Gasteiger partial charge >= 0.3 is 0 Å². The SMILES string of the molecule is C[C@@H]1CN(c2ncc3ncnc(Nc4ccc(Oc5ccc6c(c5)ncn6C)c(Cl)c4)c3n2)CCN1C. The number of rotatable bonds is 5. The minimum Gasteiger partial charge on any atom is -0.456 e. The van der Waals surface area contributed by atoms with Gasteiger partial charge in [-0.05, 0) is 44.3 Å². The summed E-state index contributed by atoms with van der Waals surface area (Å²) in [5.74, 6) is 2.47. The smallest absolute Gasteiger partial charge is 0.226 e. The van der Waals surface area contributed by atoms with Gasteiger partial charge in [-0.2, -0.15) is 0 Å². The molecule has 3 aromatic heterocycles. The van der Waals surface area contributed by atoms with Gasteiger partial charge in [0.1, 0.15) is 28.9 Å². The molecule has 0 saturated carbocycles. The third-order valence-corrected chi connectivity index (χ3v) is 7.02. The summed E-state index contributed by atoms with van der Waals surface area (Å²) in [6.45, 7) is 4.90. The number of fused-ring (bicyclic) bond motifs is 2. The maximum Gasteiger partial charge on any atom is 0.226 e. The predicted octanol–water partition coefficient (Wildman–Crippen LogP) is 4.64. The van der Waals surface area contributed by atoms with Crippen molar-refractivity contribution >= 4 is 51.1 Å². The zero-order valence-corrected chi connectivity index (χ0v) is 21.5. The minimum atomic E-state index is 0.423. The zero-order valence-electron chi connectivity index (χ0n) is 20.8. The predicted molar refractivity (Wildman–Crippen MR) is 145 cm³/mol. The molecule has 6 rings (SSSR count). The van der Waals surface area contributed by atoms with Crippen LogP contribution in [0, 0.1) is 0 Å². The Labute approximate surface area is 218 Å². The maximum atomic E-state index is 6.58. The van der Waals surface area contributed by atoms with Crippen molar-refractivity contribution in [1.82, 2.24) is 34.4 Å². The number of ether oxygens (including phenoxy) is 1. The van der Waals surface area contributed by atoms with Crippen LogP contribution in [0.1, 0.15) is 6.92 Å². The molecular weight excluding hydrogens is 490 g/mol. The first-order valence-corrected chi connectivity index (χ1v) is 12.4. The second-order valence-electron chi connectivity index (χ2n) is 9.28. The summed E-state index contributed by atoms with van der Waals surface area (Å²) in [7, 11) is 4.10. The van der Waals surface area contributed by atoms with E-state index in [1.807, 2.05) is 41.9 Å². The Balaban J connectivity index is 1.24. The molecule has 1 fully saturated rings. The molecule has 0 amide bonds. The molecule has 1 aliphatic rings. The molecule has 0 aliphatic carbocycles. The lowest BCUT2D eigenvalue weighted by atomic mass is 10.2. The van der Waals surface area contributed by atoms with Crippen molar-refractivity contribution in [3.8, 4) is 11.5 Å². The van der Waals surface area contributed by atoms with Crippen molar-refractivity contribution in [3.63, 3.8) is 0 Å². The van der Waals surface area contributed by atoms with Crippen molar-refractivity contribution in [2.24, 2.45) is 7.05 Å². The first-order valence-electron chi connectivity index (χ1n) is 12.0. The zero-order chi connectivity index (χ0) is 25.5. The highest BCUT2D eigenvalue weighted by molar-refractivity contribution is 6.32. The van der Waals surface area contributed by atoms with Crippen LogP contribution in [0.2, 0.25) is 5.02 Å². The number of piperazine rings is 1. The molecule has 0 unspecified atom stereocenters. The number of likely N-dealkylation sites (N-methyl/N-ethyl adjacent to an activating group) is 1. The van der Waals surface area contributed by atoms with Crippen molar-refractivity contribution < 1.29 is 4.74 Å². The van der Waals surface area contributed by atoms with E-state index in [1.54, 1.807) is 18.6 Å². The van der Waals surface area contributed by atoms with Crippen LogP contribution in [-0.4, -0.2) is 67.1 Å². The number of hydrogen-bond donors (Lipinski definition) is 1. The van der Waals surface area contributed by atoms with Gasteiger partial charge in [-0.15, -0.1) is 0 Å². The van der Waals surface area contributed by atoms with Gasteiger partial charge in [0.2, 0.25) is 5.95 Å². The summed E-state index contributed by atoms with van der Waals surface area (Å²) in [5.41, 5.74) is 3.96. The fraction of sp³-hybridized carbons (Fsp3) is 0.269. The Hall–Kier alpha value is -4.02. The Kier molecular flexibility index (Phi) is 5.97. The third-order valence-electron chi connectivity index (χ3n) is 6.73. The highest BCUT2D eigenvalue weighted by Crippen LogP contribution is 2.34. The van der Waals surface area contributed by atoms with Crippen LogP contribution in [0.5, 0.6) is 11.5 Å². The number of anilines is 3. The summed E-state index contributed by atoms with van der Waals surface area (Å²) in [5, 5.41) is 3.79. The average molecular weight is 516 g/mol. The van der Waals surface area contributed by atoms with Crippen LogP contribution in [0.4, 0.5) is 17.5 Å².